The van der Waals surface area contributed by atoms with Crippen LogP contribution in [0.4, 0.5) is 13.2 Å². The van der Waals surface area contributed by atoms with Crippen LogP contribution in [0.25, 0.3) is 0 Å². The van der Waals surface area contributed by atoms with E-state index in [0.717, 1.165) is 57.1 Å². The van der Waals surface area contributed by atoms with Crippen molar-refractivity contribution < 1.29 is 18.0 Å². The number of likely N-dealkylation sites (tertiary alicyclic amines) is 1. The maximum Gasteiger partial charge on any atom is 0.416 e. The summed E-state index contributed by atoms with van der Waals surface area (Å²) in [6, 6.07) is 5.32. The van der Waals surface area contributed by atoms with E-state index in [2.05, 4.69) is 5.32 Å². The fraction of sp³-hybridized carbons (Fsp3) is 0.667. The molecule has 3 rings (SSSR count). The highest BCUT2D eigenvalue weighted by atomic mass is 19.4. The van der Waals surface area contributed by atoms with Gasteiger partial charge in [-0.25, -0.2) is 0 Å². The number of nitrogens with one attached hydrogen (secondary N) is 1. The van der Waals surface area contributed by atoms with Gasteiger partial charge in [-0.1, -0.05) is 25.1 Å². The van der Waals surface area contributed by atoms with Gasteiger partial charge in [0.15, 0.2) is 0 Å². The SMILES string of the molecule is C[C@H](Cc1cccc(C(F)(F)F)c1)C(=O)N1CCC(C2CCNCC2)CC1. The van der Waals surface area contributed by atoms with Gasteiger partial charge in [0.05, 0.1) is 5.56 Å². The zero-order valence-electron chi connectivity index (χ0n) is 15.9. The van der Waals surface area contributed by atoms with Gasteiger partial charge in [-0.05, 0) is 68.7 Å². The number of halogens is 3. The quantitative estimate of drug-likeness (QED) is 0.850. The van der Waals surface area contributed by atoms with E-state index >= 15 is 0 Å². The van der Waals surface area contributed by atoms with Crippen LogP contribution in [0.2, 0.25) is 0 Å². The van der Waals surface area contributed by atoms with Crippen molar-refractivity contribution in [3.05, 3.63) is 35.4 Å². The summed E-state index contributed by atoms with van der Waals surface area (Å²) in [4.78, 5) is 14.7. The Morgan fingerprint density at radius 1 is 1.15 bits per heavy atom. The molecule has 0 aromatic heterocycles. The molecule has 2 saturated heterocycles. The third-order valence-corrected chi connectivity index (χ3v) is 6.12. The van der Waals surface area contributed by atoms with E-state index < -0.39 is 11.7 Å². The van der Waals surface area contributed by atoms with Gasteiger partial charge in [-0.2, -0.15) is 13.2 Å². The van der Waals surface area contributed by atoms with Crippen LogP contribution in [0, 0.1) is 17.8 Å². The third kappa shape index (κ3) is 5.24. The molecule has 1 atom stereocenters. The lowest BCUT2D eigenvalue weighted by molar-refractivity contribution is -0.137. The molecule has 6 heteroatoms. The summed E-state index contributed by atoms with van der Waals surface area (Å²) in [5.74, 6) is 1.24. The molecule has 0 spiro atoms. The van der Waals surface area contributed by atoms with E-state index in [4.69, 9.17) is 0 Å². The van der Waals surface area contributed by atoms with Crippen molar-refractivity contribution in [1.82, 2.24) is 10.2 Å². The summed E-state index contributed by atoms with van der Waals surface area (Å²) in [6.45, 7) is 5.57. The molecule has 1 N–H and O–H groups in total. The lowest BCUT2D eigenvalue weighted by atomic mass is 9.79. The Kier molecular flexibility index (Phi) is 6.45. The Labute approximate surface area is 159 Å². The topological polar surface area (TPSA) is 32.3 Å². The molecule has 0 radical (unpaired) electrons. The zero-order valence-corrected chi connectivity index (χ0v) is 15.9. The minimum atomic E-state index is -4.35. The van der Waals surface area contributed by atoms with Gasteiger partial charge in [0, 0.05) is 19.0 Å². The van der Waals surface area contributed by atoms with Crippen molar-refractivity contribution in [2.24, 2.45) is 17.8 Å². The van der Waals surface area contributed by atoms with E-state index in [-0.39, 0.29) is 11.8 Å². The van der Waals surface area contributed by atoms with Gasteiger partial charge in [0.2, 0.25) is 5.91 Å². The van der Waals surface area contributed by atoms with Gasteiger partial charge in [-0.3, -0.25) is 4.79 Å². The molecule has 2 heterocycles. The Morgan fingerprint density at radius 3 is 2.41 bits per heavy atom. The number of piperidine rings is 2. The molecule has 27 heavy (non-hydrogen) atoms. The van der Waals surface area contributed by atoms with Crippen molar-refractivity contribution >= 4 is 5.91 Å². The van der Waals surface area contributed by atoms with Crippen LogP contribution < -0.4 is 5.32 Å². The van der Waals surface area contributed by atoms with Crippen molar-refractivity contribution in [2.45, 2.75) is 45.2 Å². The summed E-state index contributed by atoms with van der Waals surface area (Å²) in [5, 5.41) is 3.40. The molecular weight excluding hydrogens is 353 g/mol. The molecule has 1 aromatic rings. The molecule has 0 unspecified atom stereocenters. The number of hydrogen-bond donors (Lipinski definition) is 1. The van der Waals surface area contributed by atoms with Gasteiger partial charge in [0.25, 0.3) is 0 Å². The Hall–Kier alpha value is -1.56. The van der Waals surface area contributed by atoms with Crippen LogP contribution in [0.5, 0.6) is 0 Å². The Bertz CT molecular complexity index is 633. The molecule has 3 nitrogen and oxygen atoms in total. The largest absolute Gasteiger partial charge is 0.416 e. The minimum absolute atomic E-state index is 0.0659. The number of benzene rings is 1. The molecule has 1 amide bonds. The smallest absolute Gasteiger partial charge is 0.342 e. The first-order chi connectivity index (χ1) is 12.8. The first-order valence-electron chi connectivity index (χ1n) is 10.00. The number of carbonyl (C=O) groups is 1. The highest BCUT2D eigenvalue weighted by Gasteiger charge is 2.32. The van der Waals surface area contributed by atoms with Crippen LogP contribution >= 0.6 is 0 Å². The third-order valence-electron chi connectivity index (χ3n) is 6.12. The van der Waals surface area contributed by atoms with Crippen LogP contribution in [0.15, 0.2) is 24.3 Å². The maximum absolute atomic E-state index is 12.9. The molecule has 0 saturated carbocycles. The second-order valence-electron chi connectivity index (χ2n) is 8.05. The normalized spacial score (nSPS) is 21.3. The summed E-state index contributed by atoms with van der Waals surface area (Å²) < 4.78 is 38.6. The predicted molar refractivity (Wildman–Crippen MR) is 99.2 cm³/mol. The molecule has 2 fully saturated rings. The van der Waals surface area contributed by atoms with Crippen molar-refractivity contribution in [2.75, 3.05) is 26.2 Å². The number of amides is 1. The van der Waals surface area contributed by atoms with Crippen LogP contribution in [0.1, 0.15) is 43.7 Å². The van der Waals surface area contributed by atoms with Crippen LogP contribution in [0.3, 0.4) is 0 Å². The zero-order chi connectivity index (χ0) is 19.4. The molecule has 0 bridgehead atoms. The van der Waals surface area contributed by atoms with Crippen molar-refractivity contribution in [3.63, 3.8) is 0 Å². The average Bonchev–Trinajstić information content (AvgIpc) is 2.68. The summed E-state index contributed by atoms with van der Waals surface area (Å²) >= 11 is 0. The summed E-state index contributed by atoms with van der Waals surface area (Å²) in [6.07, 6.45) is 0.547. The number of hydrogen-bond acceptors (Lipinski definition) is 2. The predicted octanol–water partition coefficient (Wildman–Crippen LogP) is 4.12. The van der Waals surface area contributed by atoms with E-state index in [1.807, 2.05) is 11.8 Å². The van der Waals surface area contributed by atoms with Crippen LogP contribution in [-0.4, -0.2) is 37.0 Å². The standard InChI is InChI=1S/C21H29F3N2O/c1-15(13-16-3-2-4-19(14-16)21(22,23)24)20(27)26-11-7-18(8-12-26)17-5-9-25-10-6-17/h2-4,14-15,17-18,25H,5-13H2,1H3/t15-/m1/s1. The molecule has 1 aromatic carbocycles. The van der Waals surface area contributed by atoms with E-state index in [0.29, 0.717) is 17.9 Å². The van der Waals surface area contributed by atoms with Crippen LogP contribution in [-0.2, 0) is 17.4 Å². The minimum Gasteiger partial charge on any atom is -0.342 e. The molecule has 2 aliphatic rings. The molecular formula is C21H29F3N2O. The maximum atomic E-state index is 12.9. The molecule has 150 valence electrons. The summed E-state index contributed by atoms with van der Waals surface area (Å²) in [7, 11) is 0. The second kappa shape index (κ2) is 8.63. The monoisotopic (exact) mass is 382 g/mol. The first-order valence-corrected chi connectivity index (χ1v) is 10.00. The highest BCUT2D eigenvalue weighted by molar-refractivity contribution is 5.78. The van der Waals surface area contributed by atoms with E-state index in [1.165, 1.54) is 18.9 Å². The molecule has 0 aliphatic carbocycles. The highest BCUT2D eigenvalue weighted by Crippen LogP contribution is 2.32. The fourth-order valence-electron chi connectivity index (χ4n) is 4.53. The number of rotatable bonds is 4. The molecule has 2 aliphatic heterocycles. The number of alkyl halides is 3. The second-order valence-corrected chi connectivity index (χ2v) is 8.05. The van der Waals surface area contributed by atoms with Crippen molar-refractivity contribution in [1.29, 1.82) is 0 Å². The summed E-state index contributed by atoms with van der Waals surface area (Å²) in [5.41, 5.74) is -0.0855. The number of carbonyl (C=O) groups excluding carboxylic acids is 1. The Morgan fingerprint density at radius 2 is 1.78 bits per heavy atom. The lowest BCUT2D eigenvalue weighted by Crippen LogP contribution is -2.44. The van der Waals surface area contributed by atoms with E-state index in [9.17, 15) is 18.0 Å². The van der Waals surface area contributed by atoms with Gasteiger partial charge in [0.1, 0.15) is 0 Å². The average molecular weight is 382 g/mol. The number of nitrogens with zero attached hydrogens (tertiary/aromatic N) is 1. The first kappa shape index (κ1) is 20.2. The fourth-order valence-corrected chi connectivity index (χ4v) is 4.53. The van der Waals surface area contributed by atoms with Gasteiger partial charge in [-0.15, -0.1) is 0 Å². The van der Waals surface area contributed by atoms with Gasteiger partial charge >= 0.3 is 6.18 Å². The van der Waals surface area contributed by atoms with Crippen molar-refractivity contribution in [3.8, 4) is 0 Å². The lowest BCUT2D eigenvalue weighted by Gasteiger charge is -2.38. The Balaban J connectivity index is 1.52. The van der Waals surface area contributed by atoms with Gasteiger partial charge < -0.3 is 10.2 Å². The van der Waals surface area contributed by atoms with E-state index in [1.54, 1.807) is 6.07 Å².